The van der Waals surface area contributed by atoms with Crippen LogP contribution < -0.4 is 4.74 Å². The van der Waals surface area contributed by atoms with Crippen molar-refractivity contribution in [1.82, 2.24) is 9.80 Å². The monoisotopic (exact) mass is 437 g/mol. The Balaban J connectivity index is 1.42. The molecule has 1 fully saturated rings. The van der Waals surface area contributed by atoms with E-state index >= 15 is 0 Å². The van der Waals surface area contributed by atoms with Crippen molar-refractivity contribution in [3.8, 4) is 11.8 Å². The topological polar surface area (TPSA) is 39.5 Å². The number of nitriles is 1. The predicted octanol–water partition coefficient (Wildman–Crippen LogP) is 5.03. The van der Waals surface area contributed by atoms with Crippen molar-refractivity contribution in [3.63, 3.8) is 0 Å². The van der Waals surface area contributed by atoms with Crippen LogP contribution in [0.1, 0.15) is 37.8 Å². The molecule has 2 aromatic carbocycles. The molecule has 2 aromatic rings. The van der Waals surface area contributed by atoms with Crippen LogP contribution in [-0.4, -0.2) is 55.7 Å². The van der Waals surface area contributed by atoms with Gasteiger partial charge in [-0.1, -0.05) is 38.1 Å². The first kappa shape index (κ1) is 24.2. The normalized spacial score (nSPS) is 17.1. The van der Waals surface area contributed by atoms with Crippen molar-refractivity contribution < 1.29 is 9.13 Å². The molecular weight excluding hydrogens is 401 g/mol. The predicted molar refractivity (Wildman–Crippen MR) is 127 cm³/mol. The highest BCUT2D eigenvalue weighted by atomic mass is 19.1. The summed E-state index contributed by atoms with van der Waals surface area (Å²) >= 11 is 0. The molecule has 32 heavy (non-hydrogen) atoms. The largest absolute Gasteiger partial charge is 0.492 e. The first-order chi connectivity index (χ1) is 15.4. The van der Waals surface area contributed by atoms with Crippen molar-refractivity contribution in [2.45, 2.75) is 39.0 Å². The van der Waals surface area contributed by atoms with E-state index in [9.17, 15) is 9.65 Å². The molecule has 0 N–H and O–H groups in total. The number of ether oxygens (including phenoxy) is 1. The number of aryl methyl sites for hydroxylation is 1. The lowest BCUT2D eigenvalue weighted by Crippen LogP contribution is -2.47. The lowest BCUT2D eigenvalue weighted by Gasteiger charge is -2.36. The molecular formula is C27H36FN3O. The van der Waals surface area contributed by atoms with E-state index in [1.54, 1.807) is 12.1 Å². The average molecular weight is 438 g/mol. The fourth-order valence-corrected chi connectivity index (χ4v) is 4.69. The fourth-order valence-electron chi connectivity index (χ4n) is 4.69. The highest BCUT2D eigenvalue weighted by Gasteiger charge is 2.36. The number of halogens is 1. The van der Waals surface area contributed by atoms with E-state index in [1.165, 1.54) is 23.3 Å². The van der Waals surface area contributed by atoms with Crippen LogP contribution in [-0.2, 0) is 5.41 Å². The Morgan fingerprint density at radius 3 is 2.22 bits per heavy atom. The molecule has 1 saturated heterocycles. The summed E-state index contributed by atoms with van der Waals surface area (Å²) in [4.78, 5) is 4.93. The van der Waals surface area contributed by atoms with E-state index in [2.05, 4.69) is 54.8 Å². The number of nitrogens with zero attached hydrogens (tertiary/aromatic N) is 3. The van der Waals surface area contributed by atoms with E-state index < -0.39 is 5.41 Å². The van der Waals surface area contributed by atoms with Crippen LogP contribution in [0.2, 0.25) is 0 Å². The van der Waals surface area contributed by atoms with Gasteiger partial charge in [-0.3, -0.25) is 4.90 Å². The van der Waals surface area contributed by atoms with Gasteiger partial charge in [0.2, 0.25) is 0 Å². The van der Waals surface area contributed by atoms with Crippen molar-refractivity contribution in [1.29, 1.82) is 5.26 Å². The molecule has 0 aromatic heterocycles. The number of benzene rings is 2. The van der Waals surface area contributed by atoms with Crippen molar-refractivity contribution in [2.24, 2.45) is 5.92 Å². The standard InChI is InChI=1S/C27H36FN3O/c1-22(2)27(21-29,26-8-5-4-7-23(26)3)13-6-14-30-15-17-31(18-16-30)19-20-32-25-11-9-24(28)10-12-25/h4-5,7-12,22H,6,13-20H2,1-3H3. The summed E-state index contributed by atoms with van der Waals surface area (Å²) in [6.07, 6.45) is 1.91. The van der Waals surface area contributed by atoms with Crippen molar-refractivity contribution >= 4 is 0 Å². The quantitative estimate of drug-likeness (QED) is 0.523. The van der Waals surface area contributed by atoms with Gasteiger partial charge in [-0.05, 0) is 67.6 Å². The van der Waals surface area contributed by atoms with Gasteiger partial charge in [0.25, 0.3) is 0 Å². The van der Waals surface area contributed by atoms with Crippen LogP contribution in [0.15, 0.2) is 48.5 Å². The molecule has 172 valence electrons. The van der Waals surface area contributed by atoms with Gasteiger partial charge in [-0.25, -0.2) is 4.39 Å². The van der Waals surface area contributed by atoms with Gasteiger partial charge in [0.15, 0.2) is 0 Å². The lowest BCUT2D eigenvalue weighted by atomic mass is 9.68. The van der Waals surface area contributed by atoms with Crippen LogP contribution in [0.5, 0.6) is 5.75 Å². The fraction of sp³-hybridized carbons (Fsp3) is 0.519. The Kier molecular flexibility index (Phi) is 8.67. The maximum Gasteiger partial charge on any atom is 0.123 e. The second-order valence-corrected chi connectivity index (χ2v) is 9.14. The lowest BCUT2D eigenvalue weighted by molar-refractivity contribution is 0.114. The third-order valence-electron chi connectivity index (χ3n) is 6.81. The Morgan fingerprint density at radius 2 is 1.62 bits per heavy atom. The van der Waals surface area contributed by atoms with E-state index in [4.69, 9.17) is 4.74 Å². The average Bonchev–Trinajstić information content (AvgIpc) is 2.80. The molecule has 0 amide bonds. The van der Waals surface area contributed by atoms with E-state index in [-0.39, 0.29) is 11.7 Å². The van der Waals surface area contributed by atoms with Gasteiger partial charge >= 0.3 is 0 Å². The zero-order valence-corrected chi connectivity index (χ0v) is 19.7. The molecule has 5 heteroatoms. The summed E-state index contributed by atoms with van der Waals surface area (Å²) in [6.45, 7) is 13.1. The summed E-state index contributed by atoms with van der Waals surface area (Å²) in [6, 6.07) is 17.2. The molecule has 1 aliphatic heterocycles. The molecule has 0 bridgehead atoms. The Bertz CT molecular complexity index is 885. The Morgan fingerprint density at radius 1 is 1.00 bits per heavy atom. The van der Waals surface area contributed by atoms with Crippen molar-refractivity contribution in [3.05, 3.63) is 65.5 Å². The summed E-state index contributed by atoms with van der Waals surface area (Å²) in [5, 5.41) is 10.2. The highest BCUT2D eigenvalue weighted by Crippen LogP contribution is 2.38. The summed E-state index contributed by atoms with van der Waals surface area (Å²) in [5.41, 5.74) is 1.97. The first-order valence-electron chi connectivity index (χ1n) is 11.7. The minimum absolute atomic E-state index is 0.243. The van der Waals surface area contributed by atoms with Crippen LogP contribution in [0.25, 0.3) is 0 Å². The van der Waals surface area contributed by atoms with E-state index in [0.29, 0.717) is 12.4 Å². The smallest absolute Gasteiger partial charge is 0.123 e. The van der Waals surface area contributed by atoms with Gasteiger partial charge in [0.1, 0.15) is 18.2 Å². The van der Waals surface area contributed by atoms with Crippen molar-refractivity contribution in [2.75, 3.05) is 45.9 Å². The first-order valence-corrected chi connectivity index (χ1v) is 11.7. The molecule has 3 rings (SSSR count). The van der Waals surface area contributed by atoms with Gasteiger partial charge in [0.05, 0.1) is 11.5 Å². The number of piperazine rings is 1. The van der Waals surface area contributed by atoms with Crippen LogP contribution in [0, 0.1) is 30.0 Å². The van der Waals surface area contributed by atoms with Crippen LogP contribution in [0.3, 0.4) is 0 Å². The summed E-state index contributed by atoms with van der Waals surface area (Å²) in [5.74, 6) is 0.740. The number of rotatable bonds is 10. The Hall–Kier alpha value is -2.42. The molecule has 0 spiro atoms. The Labute approximate surface area is 192 Å². The number of hydrogen-bond acceptors (Lipinski definition) is 4. The van der Waals surface area contributed by atoms with Crippen LogP contribution in [0.4, 0.5) is 4.39 Å². The maximum atomic E-state index is 13.0. The van der Waals surface area contributed by atoms with Gasteiger partial charge < -0.3 is 9.64 Å². The second kappa shape index (κ2) is 11.4. The zero-order valence-electron chi connectivity index (χ0n) is 19.7. The maximum absolute atomic E-state index is 13.0. The third kappa shape index (κ3) is 6.09. The highest BCUT2D eigenvalue weighted by molar-refractivity contribution is 5.39. The SMILES string of the molecule is Cc1ccccc1C(C#N)(CCCN1CCN(CCOc2ccc(F)cc2)CC1)C(C)C. The molecule has 1 heterocycles. The molecule has 0 radical (unpaired) electrons. The number of hydrogen-bond donors (Lipinski definition) is 0. The van der Waals surface area contributed by atoms with Gasteiger partial charge in [0, 0.05) is 32.7 Å². The molecule has 1 unspecified atom stereocenters. The van der Waals surface area contributed by atoms with Gasteiger partial charge in [-0.15, -0.1) is 0 Å². The summed E-state index contributed by atoms with van der Waals surface area (Å²) < 4.78 is 18.7. The third-order valence-corrected chi connectivity index (χ3v) is 6.81. The molecule has 4 nitrogen and oxygen atoms in total. The summed E-state index contributed by atoms with van der Waals surface area (Å²) in [7, 11) is 0. The molecule has 1 atom stereocenters. The zero-order chi connectivity index (χ0) is 23.0. The minimum Gasteiger partial charge on any atom is -0.492 e. The molecule has 0 saturated carbocycles. The molecule has 0 aliphatic carbocycles. The second-order valence-electron chi connectivity index (χ2n) is 9.14. The van der Waals surface area contributed by atoms with E-state index in [1.807, 2.05) is 6.07 Å². The minimum atomic E-state index is -0.426. The van der Waals surface area contributed by atoms with Crippen LogP contribution >= 0.6 is 0 Å². The van der Waals surface area contributed by atoms with E-state index in [0.717, 1.165) is 52.1 Å². The van der Waals surface area contributed by atoms with Gasteiger partial charge in [-0.2, -0.15) is 5.26 Å². The molecule has 1 aliphatic rings.